The molecule has 0 aromatic heterocycles. The molecular weight excluding hydrogens is 192 g/mol. The highest BCUT2D eigenvalue weighted by atomic mass is 16.9. The van der Waals surface area contributed by atoms with E-state index in [2.05, 4.69) is 5.73 Å². The van der Waals surface area contributed by atoms with Crippen molar-refractivity contribution in [3.8, 4) is 0 Å². The summed E-state index contributed by atoms with van der Waals surface area (Å²) in [5.41, 5.74) is 4.38. The molecule has 0 fully saturated rings. The van der Waals surface area contributed by atoms with Crippen molar-refractivity contribution in [3.63, 3.8) is 0 Å². The Morgan fingerprint density at radius 1 is 1.36 bits per heavy atom. The van der Waals surface area contributed by atoms with Crippen LogP contribution in [0.2, 0.25) is 0 Å². The van der Waals surface area contributed by atoms with E-state index in [-0.39, 0.29) is 5.56 Å². The maximum absolute atomic E-state index is 10.4. The molecule has 7 heteroatoms. The van der Waals surface area contributed by atoms with Crippen LogP contribution in [0.5, 0.6) is 0 Å². The number of nitrogens with zero attached hydrogens (tertiary/aromatic N) is 1. The van der Waals surface area contributed by atoms with E-state index in [9.17, 15) is 4.79 Å². The van der Waals surface area contributed by atoms with Gasteiger partial charge >= 0.3 is 5.97 Å². The second-order valence-corrected chi connectivity index (χ2v) is 2.19. The molecule has 0 unspecified atom stereocenters. The second-order valence-electron chi connectivity index (χ2n) is 2.19. The zero-order valence-electron chi connectivity index (χ0n) is 7.04. The largest absolute Gasteiger partial charge is 0.477 e. The van der Waals surface area contributed by atoms with Gasteiger partial charge in [0.25, 0.3) is 0 Å². The molecule has 7 nitrogen and oxygen atoms in total. The highest BCUT2D eigenvalue weighted by molar-refractivity contribution is 5.91. The number of carboxylic acid groups (broad SMARTS) is 1. The van der Waals surface area contributed by atoms with Crippen LogP contribution in [0.25, 0.3) is 0 Å². The van der Waals surface area contributed by atoms with Gasteiger partial charge in [-0.15, -0.1) is 0 Å². The first-order valence-corrected chi connectivity index (χ1v) is 3.41. The molecule has 0 amide bonds. The van der Waals surface area contributed by atoms with Crippen LogP contribution in [0.3, 0.4) is 0 Å². The fourth-order valence-corrected chi connectivity index (χ4v) is 0.729. The molecular formula is C7H8N2O5. The van der Waals surface area contributed by atoms with Crippen LogP contribution in [0.15, 0.2) is 24.3 Å². The van der Waals surface area contributed by atoms with Crippen LogP contribution in [0.4, 0.5) is 5.69 Å². The third-order valence-electron chi connectivity index (χ3n) is 1.25. The van der Waals surface area contributed by atoms with Crippen LogP contribution >= 0.6 is 0 Å². The standard InChI is InChI=1S/C7H7NO2.NO3/c8-6-4-2-1-3-5(6)7(9)10;2-1(3)4/h1-4H,8H2,(H,9,10);/q;-1/p+1. The molecule has 0 bridgehead atoms. The van der Waals surface area contributed by atoms with E-state index < -0.39 is 11.1 Å². The van der Waals surface area contributed by atoms with Crippen molar-refractivity contribution >= 4 is 11.7 Å². The average Bonchev–Trinajstić information content (AvgIpc) is 2.03. The van der Waals surface area contributed by atoms with Crippen molar-refractivity contribution in [3.05, 3.63) is 45.2 Å². The molecule has 1 rings (SSSR count). The van der Waals surface area contributed by atoms with E-state index in [4.69, 9.17) is 20.4 Å². The first-order valence-electron chi connectivity index (χ1n) is 3.41. The Labute approximate surface area is 78.5 Å². The van der Waals surface area contributed by atoms with Gasteiger partial charge in [-0.2, -0.15) is 0 Å². The van der Waals surface area contributed by atoms with E-state index in [1.165, 1.54) is 6.07 Å². The highest BCUT2D eigenvalue weighted by Gasteiger charge is 2.07. The van der Waals surface area contributed by atoms with E-state index in [0.717, 1.165) is 0 Å². The van der Waals surface area contributed by atoms with Crippen molar-refractivity contribution in [2.75, 3.05) is 0 Å². The lowest BCUT2D eigenvalue weighted by Crippen LogP contribution is -2.41. The molecule has 76 valence electrons. The molecule has 0 saturated carbocycles. The monoisotopic (exact) mass is 200 g/mol. The Bertz CT molecular complexity index is 335. The molecule has 1 aromatic rings. The number of carboxylic acids is 1. The van der Waals surface area contributed by atoms with Gasteiger partial charge in [-0.3, -0.25) is 0 Å². The van der Waals surface area contributed by atoms with E-state index >= 15 is 0 Å². The maximum Gasteiger partial charge on any atom is 0.341 e. The third kappa shape index (κ3) is 4.67. The summed E-state index contributed by atoms with van der Waals surface area (Å²) in [7, 11) is 0. The fraction of sp³-hybridized carbons (Fsp3) is 0. The van der Waals surface area contributed by atoms with Gasteiger partial charge in [0.1, 0.15) is 11.3 Å². The van der Waals surface area contributed by atoms with E-state index in [1.807, 2.05) is 0 Å². The van der Waals surface area contributed by atoms with Crippen LogP contribution < -0.4 is 5.73 Å². The van der Waals surface area contributed by atoms with Crippen LogP contribution in [-0.2, 0) is 0 Å². The Morgan fingerprint density at radius 2 is 1.79 bits per heavy atom. The molecule has 0 heterocycles. The zero-order valence-corrected chi connectivity index (χ0v) is 7.04. The summed E-state index contributed by atoms with van der Waals surface area (Å²) >= 11 is 0. The molecule has 0 atom stereocenters. The summed E-state index contributed by atoms with van der Waals surface area (Å²) in [5, 5.41) is 23.3. The highest BCUT2D eigenvalue weighted by Crippen LogP contribution is 2.06. The molecule has 0 aliphatic heterocycles. The number of rotatable bonds is 1. The maximum atomic E-state index is 10.4. The topological polar surface area (TPSA) is 131 Å². The first-order chi connectivity index (χ1) is 6.45. The van der Waals surface area contributed by atoms with Crippen LogP contribution in [-0.4, -0.2) is 16.2 Å². The Morgan fingerprint density at radius 3 is 2.07 bits per heavy atom. The minimum atomic E-state index is -1.75. The molecule has 0 aliphatic rings. The van der Waals surface area contributed by atoms with Gasteiger partial charge in [-0.05, 0) is 12.1 Å². The van der Waals surface area contributed by atoms with Crippen molar-refractivity contribution in [2.24, 2.45) is 0 Å². The van der Waals surface area contributed by atoms with Gasteiger partial charge < -0.3 is 26.2 Å². The quantitative estimate of drug-likeness (QED) is 0.487. The molecule has 1 aromatic carbocycles. The van der Waals surface area contributed by atoms with Gasteiger partial charge in [0.2, 0.25) is 0 Å². The minimum absolute atomic E-state index is 0.266. The fourth-order valence-electron chi connectivity index (χ4n) is 0.729. The summed E-state index contributed by atoms with van der Waals surface area (Å²) in [5.74, 6) is -0.925. The number of quaternary nitrogens is 1. The summed E-state index contributed by atoms with van der Waals surface area (Å²) in [6.45, 7) is 0. The Hall–Kier alpha value is -2.15. The average molecular weight is 200 g/mol. The predicted molar refractivity (Wildman–Crippen MR) is 46.3 cm³/mol. The lowest BCUT2D eigenvalue weighted by atomic mass is 10.2. The van der Waals surface area contributed by atoms with Gasteiger partial charge in [-0.25, -0.2) is 4.79 Å². The number of carbonyl (C=O) groups is 1. The minimum Gasteiger partial charge on any atom is -0.477 e. The second kappa shape index (κ2) is 5.49. The first kappa shape index (κ1) is 11.8. The lowest BCUT2D eigenvalue weighted by molar-refractivity contribution is -0.402. The SMILES string of the molecule is O=[N+]([O-])[O-].[NH3+]c1ccccc1C(=O)O. The van der Waals surface area contributed by atoms with Gasteiger partial charge in [0.05, 0.1) is 5.09 Å². The van der Waals surface area contributed by atoms with Crippen molar-refractivity contribution in [1.82, 2.24) is 0 Å². The number of hydrogen-bond donors (Lipinski definition) is 2. The Kier molecular flexibility index (Phi) is 4.65. The van der Waals surface area contributed by atoms with Crippen LogP contribution in [0, 0.1) is 15.3 Å². The molecule has 0 spiro atoms. The van der Waals surface area contributed by atoms with E-state index in [0.29, 0.717) is 5.69 Å². The van der Waals surface area contributed by atoms with Gasteiger partial charge in [0, 0.05) is 0 Å². The molecule has 0 radical (unpaired) electrons. The summed E-state index contributed by atoms with van der Waals surface area (Å²) in [4.78, 5) is 18.6. The van der Waals surface area contributed by atoms with Gasteiger partial charge in [0.15, 0.2) is 0 Å². The molecule has 0 aliphatic carbocycles. The third-order valence-corrected chi connectivity index (χ3v) is 1.25. The smallest absolute Gasteiger partial charge is 0.341 e. The number of hydrogen-bond acceptors (Lipinski definition) is 4. The van der Waals surface area contributed by atoms with Crippen molar-refractivity contribution in [2.45, 2.75) is 0 Å². The molecule has 4 N–H and O–H groups in total. The van der Waals surface area contributed by atoms with Crippen molar-refractivity contribution < 1.29 is 20.7 Å². The van der Waals surface area contributed by atoms with Gasteiger partial charge in [-0.1, -0.05) is 12.1 Å². The summed E-state index contributed by atoms with van der Waals surface area (Å²) in [6, 6.07) is 6.64. The van der Waals surface area contributed by atoms with E-state index in [1.54, 1.807) is 18.2 Å². The number of benzene rings is 1. The molecule has 0 saturated heterocycles. The zero-order chi connectivity index (χ0) is 11.1. The summed E-state index contributed by atoms with van der Waals surface area (Å²) in [6.07, 6.45) is 0. The lowest BCUT2D eigenvalue weighted by Gasteiger charge is -1.92. The van der Waals surface area contributed by atoms with Crippen LogP contribution in [0.1, 0.15) is 10.4 Å². The van der Waals surface area contributed by atoms with Crippen molar-refractivity contribution in [1.29, 1.82) is 0 Å². The predicted octanol–water partition coefficient (Wildman–Crippen LogP) is 0.0191. The molecule has 14 heavy (non-hydrogen) atoms. The summed E-state index contributed by atoms with van der Waals surface area (Å²) < 4.78 is 0. The normalized spacial score (nSPS) is 8.36. The number of aromatic carboxylic acids is 1. The Balaban J connectivity index is 0.000000364.